The predicted octanol–water partition coefficient (Wildman–Crippen LogP) is 2.55. The van der Waals surface area contributed by atoms with Crippen LogP contribution in [-0.4, -0.2) is 46.0 Å². The summed E-state index contributed by atoms with van der Waals surface area (Å²) in [5, 5.41) is 0. The molecule has 1 atom stereocenters. The molecule has 28 heavy (non-hydrogen) atoms. The second-order valence-electron chi connectivity index (χ2n) is 6.46. The number of H-pyrrole nitrogens is 1. The Labute approximate surface area is 157 Å². The minimum atomic E-state index is -4.40. The molecule has 11 heteroatoms. The Bertz CT molecular complexity index is 955. The number of hydrogen-bond donors (Lipinski definition) is 2. The maximum atomic E-state index is 14.4. The second kappa shape index (κ2) is 7.56. The Hall–Kier alpha value is -2.98. The van der Waals surface area contributed by atoms with Gasteiger partial charge in [0, 0.05) is 24.0 Å². The van der Waals surface area contributed by atoms with Gasteiger partial charge in [-0.2, -0.15) is 13.2 Å². The third-order valence-corrected chi connectivity index (χ3v) is 4.43. The largest absolute Gasteiger partial charge is 0.407 e. The summed E-state index contributed by atoms with van der Waals surface area (Å²) in [6, 6.07) is 0.883. The lowest BCUT2D eigenvalue weighted by Gasteiger charge is -2.26. The maximum Gasteiger partial charge on any atom is 0.407 e. The van der Waals surface area contributed by atoms with Gasteiger partial charge in [0.05, 0.1) is 17.9 Å². The first-order chi connectivity index (χ1) is 13.2. The minimum Gasteiger partial charge on any atom is -0.394 e. The third kappa shape index (κ3) is 4.29. The van der Waals surface area contributed by atoms with Crippen LogP contribution in [0.5, 0.6) is 0 Å². The van der Waals surface area contributed by atoms with Gasteiger partial charge in [0.2, 0.25) is 0 Å². The lowest BCUT2D eigenvalue weighted by atomic mass is 10.1. The molecule has 3 rings (SSSR count). The SMILES string of the molecule is CC(=NCC(F)(F)F)[C@H]1CCCN1c1nc(-c2c[nH]c(=O)c(N)c2)ncc1F. The Kier molecular flexibility index (Phi) is 5.34. The van der Waals surface area contributed by atoms with Gasteiger partial charge in [-0.25, -0.2) is 14.4 Å². The first kappa shape index (κ1) is 19.8. The Morgan fingerprint density at radius 1 is 1.46 bits per heavy atom. The van der Waals surface area contributed by atoms with Gasteiger partial charge in [-0.15, -0.1) is 0 Å². The zero-order chi connectivity index (χ0) is 20.5. The van der Waals surface area contributed by atoms with Crippen molar-refractivity contribution in [1.82, 2.24) is 15.0 Å². The van der Waals surface area contributed by atoms with Crippen molar-refractivity contribution in [3.05, 3.63) is 34.6 Å². The smallest absolute Gasteiger partial charge is 0.394 e. The van der Waals surface area contributed by atoms with Gasteiger partial charge in [0.1, 0.15) is 6.54 Å². The van der Waals surface area contributed by atoms with Crippen molar-refractivity contribution in [3.63, 3.8) is 0 Å². The van der Waals surface area contributed by atoms with Gasteiger partial charge in [-0.1, -0.05) is 0 Å². The molecule has 0 radical (unpaired) electrons. The van der Waals surface area contributed by atoms with Crippen molar-refractivity contribution in [3.8, 4) is 11.4 Å². The fourth-order valence-electron chi connectivity index (χ4n) is 3.10. The fourth-order valence-corrected chi connectivity index (χ4v) is 3.10. The molecular formula is C17H18F4N6O. The summed E-state index contributed by atoms with van der Waals surface area (Å²) in [5.41, 5.74) is 5.73. The van der Waals surface area contributed by atoms with Crippen LogP contribution in [0.2, 0.25) is 0 Å². The molecule has 1 aliphatic heterocycles. The first-order valence-corrected chi connectivity index (χ1v) is 8.51. The van der Waals surface area contributed by atoms with E-state index in [0.717, 1.165) is 6.20 Å². The lowest BCUT2D eigenvalue weighted by molar-refractivity contribution is -0.118. The number of aromatic nitrogens is 3. The highest BCUT2D eigenvalue weighted by Crippen LogP contribution is 2.29. The van der Waals surface area contributed by atoms with Crippen LogP contribution >= 0.6 is 0 Å². The molecule has 3 N–H and O–H groups in total. The number of halogens is 4. The van der Waals surface area contributed by atoms with E-state index in [-0.39, 0.29) is 23.0 Å². The van der Waals surface area contributed by atoms with E-state index in [1.54, 1.807) is 4.90 Å². The van der Waals surface area contributed by atoms with Crippen molar-refractivity contribution >= 4 is 17.2 Å². The molecule has 1 saturated heterocycles. The van der Waals surface area contributed by atoms with E-state index in [0.29, 0.717) is 24.9 Å². The summed E-state index contributed by atoms with van der Waals surface area (Å²) >= 11 is 0. The van der Waals surface area contributed by atoms with Crippen LogP contribution < -0.4 is 16.2 Å². The zero-order valence-electron chi connectivity index (χ0n) is 14.9. The summed E-state index contributed by atoms with van der Waals surface area (Å²) in [5.74, 6) is -0.592. The van der Waals surface area contributed by atoms with Gasteiger partial charge in [-0.05, 0) is 25.8 Å². The molecule has 1 aliphatic rings. The topological polar surface area (TPSA) is 100 Å². The number of nitrogen functional groups attached to an aromatic ring is 1. The van der Waals surface area contributed by atoms with Gasteiger partial charge in [0.15, 0.2) is 17.5 Å². The highest BCUT2D eigenvalue weighted by atomic mass is 19.4. The van der Waals surface area contributed by atoms with Crippen molar-refractivity contribution in [2.45, 2.75) is 32.0 Å². The highest BCUT2D eigenvalue weighted by molar-refractivity contribution is 5.90. The standard InChI is InChI=1S/C17H18F4N6O/c1-9(25-8-17(19,20)21)13-3-2-4-27(13)15-11(18)7-23-14(26-15)10-5-12(22)16(28)24-6-10/h5-7,13H,2-4,8,22H2,1H3,(H,24,28)/t13-/m1/s1. The van der Waals surface area contributed by atoms with Crippen LogP contribution in [0, 0.1) is 5.82 Å². The van der Waals surface area contributed by atoms with Crippen LogP contribution in [0.25, 0.3) is 11.4 Å². The summed E-state index contributed by atoms with van der Waals surface area (Å²) in [6.07, 6.45) is -0.864. The van der Waals surface area contributed by atoms with Gasteiger partial charge >= 0.3 is 6.18 Å². The maximum absolute atomic E-state index is 14.4. The van der Waals surface area contributed by atoms with Crippen LogP contribution in [-0.2, 0) is 0 Å². The number of aliphatic imine (C=N–C) groups is 1. The van der Waals surface area contributed by atoms with Crippen LogP contribution in [0.1, 0.15) is 19.8 Å². The summed E-state index contributed by atoms with van der Waals surface area (Å²) in [4.78, 5) is 27.2. The first-order valence-electron chi connectivity index (χ1n) is 8.51. The zero-order valence-corrected chi connectivity index (χ0v) is 14.9. The Morgan fingerprint density at radius 3 is 2.89 bits per heavy atom. The molecule has 150 valence electrons. The molecule has 0 unspecified atom stereocenters. The minimum absolute atomic E-state index is 0.0289. The van der Waals surface area contributed by atoms with Crippen LogP contribution in [0.4, 0.5) is 29.1 Å². The molecule has 1 fully saturated rings. The Morgan fingerprint density at radius 2 is 2.21 bits per heavy atom. The normalized spacial score (nSPS) is 18.0. The number of alkyl halides is 3. The van der Waals surface area contributed by atoms with E-state index in [4.69, 9.17) is 5.73 Å². The molecule has 0 amide bonds. The lowest BCUT2D eigenvalue weighted by Crippen LogP contribution is -2.36. The number of nitrogens with two attached hydrogens (primary N) is 1. The number of aromatic amines is 1. The predicted molar refractivity (Wildman–Crippen MR) is 96.9 cm³/mol. The number of rotatable bonds is 4. The van der Waals surface area contributed by atoms with E-state index in [1.807, 2.05) is 0 Å². The molecular weight excluding hydrogens is 380 g/mol. The van der Waals surface area contributed by atoms with E-state index >= 15 is 0 Å². The quantitative estimate of drug-likeness (QED) is 0.609. The van der Waals surface area contributed by atoms with Crippen molar-refractivity contribution in [2.75, 3.05) is 23.7 Å². The Balaban J connectivity index is 1.93. The molecule has 0 bridgehead atoms. The number of nitrogens with one attached hydrogen (secondary N) is 1. The molecule has 0 aliphatic carbocycles. The van der Waals surface area contributed by atoms with E-state index in [2.05, 4.69) is 19.9 Å². The van der Waals surface area contributed by atoms with Crippen molar-refractivity contribution < 1.29 is 17.6 Å². The summed E-state index contributed by atoms with van der Waals surface area (Å²) in [7, 11) is 0. The summed E-state index contributed by atoms with van der Waals surface area (Å²) < 4.78 is 51.8. The average molecular weight is 398 g/mol. The van der Waals surface area contributed by atoms with E-state index < -0.39 is 30.1 Å². The van der Waals surface area contributed by atoms with Gasteiger partial charge in [0.25, 0.3) is 5.56 Å². The fraction of sp³-hybridized carbons (Fsp3) is 0.412. The van der Waals surface area contributed by atoms with Gasteiger partial charge < -0.3 is 15.6 Å². The van der Waals surface area contributed by atoms with Gasteiger partial charge in [-0.3, -0.25) is 9.79 Å². The molecule has 0 spiro atoms. The molecule has 2 aromatic heterocycles. The van der Waals surface area contributed by atoms with Crippen LogP contribution in [0.15, 0.2) is 28.2 Å². The van der Waals surface area contributed by atoms with Crippen molar-refractivity contribution in [2.24, 2.45) is 4.99 Å². The third-order valence-electron chi connectivity index (χ3n) is 4.43. The molecule has 0 saturated carbocycles. The molecule has 3 heterocycles. The average Bonchev–Trinajstić information content (AvgIpc) is 3.11. The number of hydrogen-bond acceptors (Lipinski definition) is 6. The van der Waals surface area contributed by atoms with Crippen molar-refractivity contribution in [1.29, 1.82) is 0 Å². The second-order valence-corrected chi connectivity index (χ2v) is 6.46. The number of anilines is 2. The molecule has 0 aromatic carbocycles. The van der Waals surface area contributed by atoms with E-state index in [1.165, 1.54) is 19.2 Å². The summed E-state index contributed by atoms with van der Waals surface area (Å²) in [6.45, 7) is 0.638. The number of nitrogens with zero attached hydrogens (tertiary/aromatic N) is 4. The molecule has 2 aromatic rings. The van der Waals surface area contributed by atoms with E-state index in [9.17, 15) is 22.4 Å². The van der Waals surface area contributed by atoms with Crippen LogP contribution in [0.3, 0.4) is 0 Å². The monoisotopic (exact) mass is 398 g/mol. The molecule has 7 nitrogen and oxygen atoms in total. The highest BCUT2D eigenvalue weighted by Gasteiger charge is 2.32. The number of pyridine rings is 1.